The number of benzene rings is 1. The molecule has 0 bridgehead atoms. The van der Waals surface area contributed by atoms with E-state index in [1.165, 1.54) is 7.11 Å². The Kier molecular flexibility index (Phi) is 8.68. The van der Waals surface area contributed by atoms with Gasteiger partial charge in [-0.05, 0) is 25.0 Å². The number of amides is 2. The van der Waals surface area contributed by atoms with Crippen LogP contribution in [0.15, 0.2) is 18.2 Å². The summed E-state index contributed by atoms with van der Waals surface area (Å²) in [5.74, 6) is -0.0895. The molecule has 134 valence electrons. The van der Waals surface area contributed by atoms with Crippen molar-refractivity contribution >= 4 is 17.5 Å². The first kappa shape index (κ1) is 19.8. The van der Waals surface area contributed by atoms with Crippen LogP contribution >= 0.6 is 0 Å². The Balaban J connectivity index is 2.81. The Labute approximate surface area is 144 Å². The highest BCUT2D eigenvalue weighted by Gasteiger charge is 2.22. The van der Waals surface area contributed by atoms with Crippen molar-refractivity contribution < 1.29 is 19.1 Å². The van der Waals surface area contributed by atoms with Gasteiger partial charge in [0, 0.05) is 19.2 Å². The third-order valence-corrected chi connectivity index (χ3v) is 3.70. The van der Waals surface area contributed by atoms with Gasteiger partial charge in [0.15, 0.2) is 0 Å². The maximum Gasteiger partial charge on any atom is 0.314 e. The summed E-state index contributed by atoms with van der Waals surface area (Å²) in [4.78, 5) is 26.4. The number of hydrogen-bond acceptors (Lipinski definition) is 4. The van der Waals surface area contributed by atoms with Gasteiger partial charge in [0.25, 0.3) is 0 Å². The summed E-state index contributed by atoms with van der Waals surface area (Å²) in [6, 6.07) is 5.02. The van der Waals surface area contributed by atoms with Gasteiger partial charge in [-0.1, -0.05) is 26.7 Å². The van der Waals surface area contributed by atoms with Crippen molar-refractivity contribution in [3.05, 3.63) is 18.2 Å². The quantitative estimate of drug-likeness (QED) is 0.704. The van der Waals surface area contributed by atoms with E-state index in [1.54, 1.807) is 30.2 Å². The molecule has 1 N–H and O–H groups in total. The summed E-state index contributed by atoms with van der Waals surface area (Å²) >= 11 is 0. The van der Waals surface area contributed by atoms with Crippen LogP contribution < -0.4 is 14.8 Å². The standard InChI is InChI=1S/C18H28N2O4/c1-5-7-11-20(12-8-6-2)18(22)17(21)19-15-10-9-14(23-3)13-16(15)24-4/h9-10,13H,5-8,11-12H2,1-4H3,(H,19,21). The summed E-state index contributed by atoms with van der Waals surface area (Å²) in [6.07, 6.45) is 3.72. The van der Waals surface area contributed by atoms with Crippen LogP contribution in [0.2, 0.25) is 0 Å². The lowest BCUT2D eigenvalue weighted by Gasteiger charge is -2.22. The first-order valence-corrected chi connectivity index (χ1v) is 8.39. The second-order valence-electron chi connectivity index (χ2n) is 5.52. The smallest absolute Gasteiger partial charge is 0.314 e. The molecule has 0 spiro atoms. The number of carbonyl (C=O) groups excluding carboxylic acids is 2. The molecule has 6 heteroatoms. The van der Waals surface area contributed by atoms with Crippen molar-refractivity contribution in [2.24, 2.45) is 0 Å². The Hall–Kier alpha value is -2.24. The molecule has 0 saturated heterocycles. The lowest BCUT2D eigenvalue weighted by Crippen LogP contribution is -2.40. The second kappa shape index (κ2) is 10.5. The number of unbranched alkanes of at least 4 members (excludes halogenated alkanes) is 2. The van der Waals surface area contributed by atoms with Crippen LogP contribution in [0.25, 0.3) is 0 Å². The van der Waals surface area contributed by atoms with Crippen molar-refractivity contribution in [1.82, 2.24) is 4.90 Å². The topological polar surface area (TPSA) is 67.9 Å². The summed E-state index contributed by atoms with van der Waals surface area (Å²) in [7, 11) is 3.05. The molecule has 0 atom stereocenters. The van der Waals surface area contributed by atoms with Crippen molar-refractivity contribution in [3.8, 4) is 11.5 Å². The van der Waals surface area contributed by atoms with E-state index in [0.717, 1.165) is 25.7 Å². The van der Waals surface area contributed by atoms with Crippen LogP contribution in [0.3, 0.4) is 0 Å². The van der Waals surface area contributed by atoms with Gasteiger partial charge in [-0.25, -0.2) is 0 Å². The fourth-order valence-corrected chi connectivity index (χ4v) is 2.23. The Morgan fingerprint density at radius 2 is 1.67 bits per heavy atom. The fourth-order valence-electron chi connectivity index (χ4n) is 2.23. The maximum absolute atomic E-state index is 12.4. The number of carbonyl (C=O) groups is 2. The molecular weight excluding hydrogens is 308 g/mol. The van der Waals surface area contributed by atoms with Gasteiger partial charge in [0.2, 0.25) is 0 Å². The van der Waals surface area contributed by atoms with E-state index in [0.29, 0.717) is 30.3 Å². The fraction of sp³-hybridized carbons (Fsp3) is 0.556. The van der Waals surface area contributed by atoms with Gasteiger partial charge in [-0.2, -0.15) is 0 Å². The van der Waals surface area contributed by atoms with Crippen molar-refractivity contribution in [2.45, 2.75) is 39.5 Å². The molecule has 0 saturated carbocycles. The van der Waals surface area contributed by atoms with Gasteiger partial charge in [-0.3, -0.25) is 9.59 Å². The highest BCUT2D eigenvalue weighted by atomic mass is 16.5. The average Bonchev–Trinajstić information content (AvgIpc) is 2.61. The number of nitrogens with zero attached hydrogens (tertiary/aromatic N) is 1. The first-order chi connectivity index (χ1) is 11.6. The molecule has 1 aromatic rings. The second-order valence-corrected chi connectivity index (χ2v) is 5.52. The lowest BCUT2D eigenvalue weighted by atomic mass is 10.2. The van der Waals surface area contributed by atoms with E-state index < -0.39 is 11.8 Å². The molecule has 0 aliphatic rings. The van der Waals surface area contributed by atoms with Gasteiger partial charge >= 0.3 is 11.8 Å². The molecule has 2 amide bonds. The normalized spacial score (nSPS) is 10.2. The van der Waals surface area contributed by atoms with Crippen LogP contribution in [-0.2, 0) is 9.59 Å². The Morgan fingerprint density at radius 3 is 2.17 bits per heavy atom. The molecular formula is C18H28N2O4. The number of anilines is 1. The van der Waals surface area contributed by atoms with Crippen LogP contribution in [0.1, 0.15) is 39.5 Å². The number of hydrogen-bond donors (Lipinski definition) is 1. The zero-order valence-corrected chi connectivity index (χ0v) is 15.1. The monoisotopic (exact) mass is 336 g/mol. The third kappa shape index (κ3) is 5.76. The number of rotatable bonds is 9. The third-order valence-electron chi connectivity index (χ3n) is 3.70. The molecule has 1 aromatic carbocycles. The van der Waals surface area contributed by atoms with E-state index in [2.05, 4.69) is 19.2 Å². The zero-order chi connectivity index (χ0) is 17.9. The zero-order valence-electron chi connectivity index (χ0n) is 15.1. The van der Waals surface area contributed by atoms with Gasteiger partial charge < -0.3 is 19.7 Å². The summed E-state index contributed by atoms with van der Waals surface area (Å²) in [6.45, 7) is 5.32. The molecule has 6 nitrogen and oxygen atoms in total. The van der Waals surface area contributed by atoms with Crippen LogP contribution in [0.5, 0.6) is 11.5 Å². The van der Waals surface area contributed by atoms with E-state index in [4.69, 9.17) is 9.47 Å². The largest absolute Gasteiger partial charge is 0.497 e. The van der Waals surface area contributed by atoms with E-state index in [-0.39, 0.29) is 0 Å². The summed E-state index contributed by atoms with van der Waals surface area (Å²) in [5.41, 5.74) is 0.447. The molecule has 0 aliphatic heterocycles. The minimum absolute atomic E-state index is 0.447. The van der Waals surface area contributed by atoms with Crippen molar-refractivity contribution in [2.75, 3.05) is 32.6 Å². The van der Waals surface area contributed by atoms with Gasteiger partial charge in [-0.15, -0.1) is 0 Å². The molecule has 24 heavy (non-hydrogen) atoms. The predicted octanol–water partition coefficient (Wildman–Crippen LogP) is 3.07. The number of methoxy groups -OCH3 is 2. The SMILES string of the molecule is CCCCN(CCCC)C(=O)C(=O)Nc1ccc(OC)cc1OC. The summed E-state index contributed by atoms with van der Waals surface area (Å²) < 4.78 is 10.4. The lowest BCUT2D eigenvalue weighted by molar-refractivity contribution is -0.143. The van der Waals surface area contributed by atoms with E-state index >= 15 is 0 Å². The minimum Gasteiger partial charge on any atom is -0.497 e. The molecule has 0 fully saturated rings. The number of ether oxygens (including phenoxy) is 2. The first-order valence-electron chi connectivity index (χ1n) is 8.39. The number of nitrogens with one attached hydrogen (secondary N) is 1. The van der Waals surface area contributed by atoms with Gasteiger partial charge in [0.05, 0.1) is 19.9 Å². The summed E-state index contributed by atoms with van der Waals surface area (Å²) in [5, 5.41) is 2.64. The maximum atomic E-state index is 12.4. The van der Waals surface area contributed by atoms with Crippen LogP contribution in [0, 0.1) is 0 Å². The molecule has 0 unspecified atom stereocenters. The van der Waals surface area contributed by atoms with Gasteiger partial charge in [0.1, 0.15) is 11.5 Å². The predicted molar refractivity (Wildman–Crippen MR) is 94.6 cm³/mol. The van der Waals surface area contributed by atoms with Crippen LogP contribution in [-0.4, -0.2) is 44.0 Å². The highest BCUT2D eigenvalue weighted by Crippen LogP contribution is 2.29. The molecule has 0 heterocycles. The van der Waals surface area contributed by atoms with Crippen molar-refractivity contribution in [3.63, 3.8) is 0 Å². The average molecular weight is 336 g/mol. The molecule has 0 aromatic heterocycles. The minimum atomic E-state index is -0.648. The highest BCUT2D eigenvalue weighted by molar-refractivity contribution is 6.39. The Morgan fingerprint density at radius 1 is 1.04 bits per heavy atom. The molecule has 1 rings (SSSR count). The van der Waals surface area contributed by atoms with E-state index in [9.17, 15) is 9.59 Å². The van der Waals surface area contributed by atoms with E-state index in [1.807, 2.05) is 0 Å². The molecule has 0 radical (unpaired) electrons. The van der Waals surface area contributed by atoms with Crippen LogP contribution in [0.4, 0.5) is 5.69 Å². The Bertz CT molecular complexity index is 538. The molecule has 0 aliphatic carbocycles. The van der Waals surface area contributed by atoms with Crippen molar-refractivity contribution in [1.29, 1.82) is 0 Å².